The van der Waals surface area contributed by atoms with Gasteiger partial charge in [-0.25, -0.2) is 9.69 Å². The fourth-order valence-electron chi connectivity index (χ4n) is 3.75. The van der Waals surface area contributed by atoms with E-state index in [0.717, 1.165) is 16.0 Å². The van der Waals surface area contributed by atoms with Gasteiger partial charge < -0.3 is 10.1 Å². The van der Waals surface area contributed by atoms with E-state index in [-0.39, 0.29) is 22.4 Å². The third-order valence-electron chi connectivity index (χ3n) is 5.52. The monoisotopic (exact) mass is 499 g/mol. The third kappa shape index (κ3) is 4.99. The summed E-state index contributed by atoms with van der Waals surface area (Å²) >= 11 is 1.28. The summed E-state index contributed by atoms with van der Waals surface area (Å²) in [5, 5.41) is 11.4. The summed E-state index contributed by atoms with van der Waals surface area (Å²) in [7, 11) is 0. The van der Waals surface area contributed by atoms with E-state index in [1.165, 1.54) is 30.0 Å². The van der Waals surface area contributed by atoms with Crippen LogP contribution in [0.3, 0.4) is 0 Å². The van der Waals surface area contributed by atoms with Crippen molar-refractivity contribution in [2.75, 3.05) is 22.6 Å². The number of hydrogen-bond donors (Lipinski definition) is 1. The molecule has 0 bridgehead atoms. The van der Waals surface area contributed by atoms with Crippen molar-refractivity contribution in [2.24, 2.45) is 0 Å². The number of nitriles is 1. The van der Waals surface area contributed by atoms with Gasteiger partial charge in [-0.15, -0.1) is 11.8 Å². The first-order valence-corrected chi connectivity index (χ1v) is 11.9. The van der Waals surface area contributed by atoms with Gasteiger partial charge in [0.25, 0.3) is 17.7 Å². The minimum absolute atomic E-state index is 0.0514. The van der Waals surface area contributed by atoms with Gasteiger partial charge in [0.2, 0.25) is 0 Å². The van der Waals surface area contributed by atoms with E-state index in [2.05, 4.69) is 5.32 Å². The Balaban J connectivity index is 1.45. The molecule has 0 aromatic heterocycles. The van der Waals surface area contributed by atoms with Crippen LogP contribution in [0.4, 0.5) is 11.4 Å². The highest BCUT2D eigenvalue weighted by Gasteiger charge is 2.38. The van der Waals surface area contributed by atoms with Gasteiger partial charge in [0.05, 0.1) is 39.9 Å². The second-order valence-corrected chi connectivity index (χ2v) is 9.08. The number of anilines is 2. The van der Waals surface area contributed by atoms with Crippen molar-refractivity contribution in [1.82, 2.24) is 0 Å². The number of nitrogens with zero attached hydrogens (tertiary/aromatic N) is 2. The molecule has 180 valence electrons. The highest BCUT2D eigenvalue weighted by atomic mass is 32.2. The van der Waals surface area contributed by atoms with Gasteiger partial charge in [0, 0.05) is 4.90 Å². The van der Waals surface area contributed by atoms with Gasteiger partial charge in [0.1, 0.15) is 0 Å². The van der Waals surface area contributed by atoms with Crippen molar-refractivity contribution in [3.8, 4) is 6.07 Å². The van der Waals surface area contributed by atoms with Crippen LogP contribution < -0.4 is 10.2 Å². The van der Waals surface area contributed by atoms with Crippen molar-refractivity contribution in [3.05, 3.63) is 88.5 Å². The molecule has 36 heavy (non-hydrogen) atoms. The number of benzene rings is 3. The standard InChI is InChI=1S/C27H21N3O5S/c1-16-7-8-17(2)22(13-16)30-25(32)19-10-9-18(14-20(19)26(30)33)27(34)35-15-24(31)29-21-5-3-4-6-23(21)36-12-11-28/h3-10,13-14H,12,15H2,1-2H3,(H,29,31). The maximum absolute atomic E-state index is 13.1. The van der Waals surface area contributed by atoms with Crippen LogP contribution in [0.25, 0.3) is 0 Å². The van der Waals surface area contributed by atoms with Crippen LogP contribution in [-0.2, 0) is 9.53 Å². The quantitative estimate of drug-likeness (QED) is 0.289. The lowest BCUT2D eigenvalue weighted by Crippen LogP contribution is -2.30. The predicted molar refractivity (Wildman–Crippen MR) is 135 cm³/mol. The van der Waals surface area contributed by atoms with Gasteiger partial charge in [0.15, 0.2) is 6.61 Å². The van der Waals surface area contributed by atoms with E-state index >= 15 is 0 Å². The Morgan fingerprint density at radius 2 is 1.75 bits per heavy atom. The molecule has 0 unspecified atom stereocenters. The zero-order chi connectivity index (χ0) is 25.8. The highest BCUT2D eigenvalue weighted by molar-refractivity contribution is 7.99. The summed E-state index contributed by atoms with van der Waals surface area (Å²) in [4.78, 5) is 52.8. The molecule has 0 aliphatic carbocycles. The lowest BCUT2D eigenvalue weighted by Gasteiger charge is -2.17. The summed E-state index contributed by atoms with van der Waals surface area (Å²) in [6.45, 7) is 3.14. The van der Waals surface area contributed by atoms with E-state index in [1.54, 1.807) is 30.3 Å². The first-order chi connectivity index (χ1) is 17.3. The number of carbonyl (C=O) groups is 4. The largest absolute Gasteiger partial charge is 0.452 e. The fourth-order valence-corrected chi connectivity index (χ4v) is 4.42. The summed E-state index contributed by atoms with van der Waals surface area (Å²) in [6, 6.07) is 18.6. The minimum Gasteiger partial charge on any atom is -0.452 e. The molecule has 0 fully saturated rings. The molecule has 3 aromatic rings. The molecule has 1 aliphatic rings. The molecule has 3 amide bonds. The van der Waals surface area contributed by atoms with Crippen molar-refractivity contribution in [3.63, 3.8) is 0 Å². The number of nitrogens with one attached hydrogen (secondary N) is 1. The van der Waals surface area contributed by atoms with Gasteiger partial charge in [-0.1, -0.05) is 24.3 Å². The third-order valence-corrected chi connectivity index (χ3v) is 6.46. The van der Waals surface area contributed by atoms with E-state index in [0.29, 0.717) is 16.3 Å². The number of rotatable bonds is 7. The Hall–Kier alpha value is -4.42. The molecule has 0 saturated carbocycles. The zero-order valence-corrected chi connectivity index (χ0v) is 20.3. The lowest BCUT2D eigenvalue weighted by molar-refractivity contribution is -0.119. The van der Waals surface area contributed by atoms with Gasteiger partial charge >= 0.3 is 5.97 Å². The minimum atomic E-state index is -0.800. The number of fused-ring (bicyclic) bond motifs is 1. The molecule has 1 aliphatic heterocycles. The van der Waals surface area contributed by atoms with Crippen LogP contribution in [0.15, 0.2) is 65.6 Å². The van der Waals surface area contributed by atoms with Crippen LogP contribution in [0.1, 0.15) is 42.2 Å². The Kier molecular flexibility index (Phi) is 7.17. The van der Waals surface area contributed by atoms with E-state index in [4.69, 9.17) is 10.00 Å². The Labute approximate surface area is 211 Å². The first-order valence-electron chi connectivity index (χ1n) is 11.0. The van der Waals surface area contributed by atoms with Crippen molar-refractivity contribution in [1.29, 1.82) is 5.26 Å². The maximum atomic E-state index is 13.1. The zero-order valence-electron chi connectivity index (χ0n) is 19.5. The molecule has 1 heterocycles. The average molecular weight is 500 g/mol. The molecular weight excluding hydrogens is 478 g/mol. The molecule has 1 N–H and O–H groups in total. The smallest absolute Gasteiger partial charge is 0.338 e. The van der Waals surface area contributed by atoms with Crippen molar-refractivity contribution >= 4 is 46.8 Å². The summed E-state index contributed by atoms with van der Waals surface area (Å²) < 4.78 is 5.13. The van der Waals surface area contributed by atoms with Gasteiger partial charge in [-0.2, -0.15) is 5.26 Å². The van der Waals surface area contributed by atoms with E-state index < -0.39 is 30.3 Å². The molecular formula is C27H21N3O5S. The number of para-hydroxylation sites is 1. The van der Waals surface area contributed by atoms with Crippen molar-refractivity contribution < 1.29 is 23.9 Å². The van der Waals surface area contributed by atoms with Crippen molar-refractivity contribution in [2.45, 2.75) is 18.7 Å². The van der Waals surface area contributed by atoms with E-state index in [9.17, 15) is 19.2 Å². The summed E-state index contributed by atoms with van der Waals surface area (Å²) in [6.07, 6.45) is 0. The summed E-state index contributed by atoms with van der Waals surface area (Å²) in [5.74, 6) is -2.12. The fraction of sp³-hybridized carbons (Fsp3) is 0.148. The molecule has 0 spiro atoms. The number of aryl methyl sites for hydroxylation is 2. The highest BCUT2D eigenvalue weighted by Crippen LogP contribution is 2.32. The van der Waals surface area contributed by atoms with Gasteiger partial charge in [-0.3, -0.25) is 14.4 Å². The van der Waals surface area contributed by atoms with Crippen LogP contribution in [-0.4, -0.2) is 36.1 Å². The molecule has 9 heteroatoms. The molecule has 8 nitrogen and oxygen atoms in total. The van der Waals surface area contributed by atoms with Gasteiger partial charge in [-0.05, 0) is 61.4 Å². The predicted octanol–water partition coefficient (Wildman–Crippen LogP) is 4.52. The number of carbonyl (C=O) groups excluding carboxylic acids is 4. The second-order valence-electron chi connectivity index (χ2n) is 8.06. The molecule has 3 aromatic carbocycles. The number of esters is 1. The first kappa shape index (κ1) is 24.7. The molecule has 0 atom stereocenters. The Bertz CT molecular complexity index is 1440. The number of thioether (sulfide) groups is 1. The molecule has 4 rings (SSSR count). The number of amides is 3. The lowest BCUT2D eigenvalue weighted by atomic mass is 10.1. The van der Waals surface area contributed by atoms with E-state index in [1.807, 2.05) is 32.0 Å². The number of hydrogen-bond acceptors (Lipinski definition) is 7. The Morgan fingerprint density at radius 1 is 1.00 bits per heavy atom. The number of imide groups is 1. The number of ether oxygens (including phenoxy) is 1. The second kappa shape index (κ2) is 10.5. The summed E-state index contributed by atoms with van der Waals surface area (Å²) in [5.41, 5.74) is 3.02. The van der Waals surface area contributed by atoms with Crippen LogP contribution >= 0.6 is 11.8 Å². The van der Waals surface area contributed by atoms with Crippen LogP contribution in [0.5, 0.6) is 0 Å². The SMILES string of the molecule is Cc1ccc(C)c(N2C(=O)c3ccc(C(=O)OCC(=O)Nc4ccccc4SCC#N)cc3C2=O)c1. The van der Waals surface area contributed by atoms with Crippen LogP contribution in [0, 0.1) is 25.2 Å². The molecule has 0 saturated heterocycles. The maximum Gasteiger partial charge on any atom is 0.338 e. The Morgan fingerprint density at radius 3 is 2.53 bits per heavy atom. The topological polar surface area (TPSA) is 117 Å². The average Bonchev–Trinajstić information content (AvgIpc) is 3.12. The normalized spacial score (nSPS) is 12.2. The van der Waals surface area contributed by atoms with Crippen LogP contribution in [0.2, 0.25) is 0 Å². The molecule has 0 radical (unpaired) electrons.